The molecule has 18 heavy (non-hydrogen) atoms. The minimum Gasteiger partial charge on any atom is -0.284 e. The van der Waals surface area contributed by atoms with E-state index in [0.717, 1.165) is 12.8 Å². The molecule has 0 saturated heterocycles. The van der Waals surface area contributed by atoms with Crippen molar-refractivity contribution in [2.24, 2.45) is 0 Å². The number of hydrogen-bond acceptors (Lipinski definition) is 3. The molecule has 0 atom stereocenters. The Kier molecular flexibility index (Phi) is 4.11. The molecule has 2 rings (SSSR count). The van der Waals surface area contributed by atoms with Crippen molar-refractivity contribution in [2.75, 3.05) is 6.54 Å². The Balaban J connectivity index is 1.79. The average Bonchev–Trinajstić information content (AvgIpc) is 2.91. The Bertz CT molecular complexity index is 565. The fourth-order valence-electron chi connectivity index (χ4n) is 1.61. The van der Waals surface area contributed by atoms with Crippen LogP contribution in [0, 0.1) is 0 Å². The lowest BCUT2D eigenvalue weighted by atomic mass is 10.1. The number of nitrogens with zero attached hydrogens (tertiary/aromatic N) is 1. The molecule has 0 aliphatic heterocycles. The summed E-state index contributed by atoms with van der Waals surface area (Å²) in [6.07, 6.45) is 4.27. The molecule has 1 heterocycles. The molecule has 2 aromatic rings. The molecule has 1 aromatic carbocycles. The third kappa shape index (κ3) is 3.41. The lowest BCUT2D eigenvalue weighted by Crippen LogP contribution is -2.24. The Morgan fingerprint density at radius 3 is 2.67 bits per heavy atom. The number of hydrogen-bond donors (Lipinski definition) is 2. The maximum absolute atomic E-state index is 11.7. The summed E-state index contributed by atoms with van der Waals surface area (Å²) in [7, 11) is -3.42. The third-order valence-electron chi connectivity index (χ3n) is 2.56. The van der Waals surface area contributed by atoms with Gasteiger partial charge in [0.2, 0.25) is 10.0 Å². The van der Waals surface area contributed by atoms with Crippen LogP contribution in [0.25, 0.3) is 0 Å². The van der Waals surface area contributed by atoms with Gasteiger partial charge in [-0.05, 0) is 18.4 Å². The van der Waals surface area contributed by atoms with Crippen molar-refractivity contribution in [1.82, 2.24) is 14.9 Å². The molecule has 0 radical (unpaired) electrons. The number of aryl methyl sites for hydroxylation is 1. The third-order valence-corrected chi connectivity index (χ3v) is 3.99. The van der Waals surface area contributed by atoms with Crippen LogP contribution in [0.2, 0.25) is 0 Å². The Morgan fingerprint density at radius 2 is 2.00 bits per heavy atom. The first-order valence-electron chi connectivity index (χ1n) is 5.71. The van der Waals surface area contributed by atoms with Crippen LogP contribution in [0.4, 0.5) is 0 Å². The average molecular weight is 265 g/mol. The predicted octanol–water partition coefficient (Wildman–Crippen LogP) is 1.32. The van der Waals surface area contributed by atoms with E-state index in [0.29, 0.717) is 6.54 Å². The van der Waals surface area contributed by atoms with Crippen molar-refractivity contribution < 1.29 is 8.42 Å². The monoisotopic (exact) mass is 265 g/mol. The van der Waals surface area contributed by atoms with Gasteiger partial charge in [0.15, 0.2) is 0 Å². The fourth-order valence-corrected chi connectivity index (χ4v) is 2.59. The SMILES string of the molecule is O=S(=O)(NCCCc1ccccc1)c1cn[nH]c1. The maximum Gasteiger partial charge on any atom is 0.243 e. The van der Waals surface area contributed by atoms with E-state index in [1.54, 1.807) is 0 Å². The smallest absolute Gasteiger partial charge is 0.243 e. The van der Waals surface area contributed by atoms with Crippen molar-refractivity contribution in [3.05, 3.63) is 48.3 Å². The van der Waals surface area contributed by atoms with Gasteiger partial charge in [0.25, 0.3) is 0 Å². The van der Waals surface area contributed by atoms with E-state index in [4.69, 9.17) is 0 Å². The summed E-state index contributed by atoms with van der Waals surface area (Å²) in [5.74, 6) is 0. The molecular formula is C12H15N3O2S. The molecule has 1 aromatic heterocycles. The molecule has 0 bridgehead atoms. The first-order valence-corrected chi connectivity index (χ1v) is 7.19. The van der Waals surface area contributed by atoms with Crippen LogP contribution < -0.4 is 4.72 Å². The Labute approximate surface area is 106 Å². The highest BCUT2D eigenvalue weighted by Crippen LogP contribution is 2.05. The number of sulfonamides is 1. The van der Waals surface area contributed by atoms with Gasteiger partial charge in [-0.15, -0.1) is 0 Å². The standard InChI is InChI=1S/C12H15N3O2S/c16-18(17,12-9-13-14-10-12)15-8-4-7-11-5-2-1-3-6-11/h1-3,5-6,9-10,15H,4,7-8H2,(H,13,14). The minimum absolute atomic E-state index is 0.169. The number of nitrogens with one attached hydrogen (secondary N) is 2. The predicted molar refractivity (Wildman–Crippen MR) is 68.5 cm³/mol. The molecule has 0 amide bonds. The summed E-state index contributed by atoms with van der Waals surface area (Å²) < 4.78 is 26.0. The first kappa shape index (κ1) is 12.8. The summed E-state index contributed by atoms with van der Waals surface area (Å²) in [4.78, 5) is 0.169. The van der Waals surface area contributed by atoms with E-state index in [2.05, 4.69) is 14.9 Å². The Hall–Kier alpha value is -1.66. The quantitative estimate of drug-likeness (QED) is 0.774. The van der Waals surface area contributed by atoms with Crippen LogP contribution in [0.5, 0.6) is 0 Å². The van der Waals surface area contributed by atoms with Crippen molar-refractivity contribution in [2.45, 2.75) is 17.7 Å². The van der Waals surface area contributed by atoms with Gasteiger partial charge in [-0.3, -0.25) is 5.10 Å². The summed E-state index contributed by atoms with van der Waals surface area (Å²) in [6.45, 7) is 0.419. The van der Waals surface area contributed by atoms with Gasteiger partial charge in [0, 0.05) is 12.7 Å². The van der Waals surface area contributed by atoms with Crippen LogP contribution in [0.3, 0.4) is 0 Å². The molecule has 0 saturated carbocycles. The van der Waals surface area contributed by atoms with Gasteiger partial charge >= 0.3 is 0 Å². The van der Waals surface area contributed by atoms with E-state index in [1.807, 2.05) is 30.3 Å². The second-order valence-electron chi connectivity index (χ2n) is 3.92. The second-order valence-corrected chi connectivity index (χ2v) is 5.69. The highest BCUT2D eigenvalue weighted by molar-refractivity contribution is 7.89. The van der Waals surface area contributed by atoms with Crippen LogP contribution in [-0.2, 0) is 16.4 Å². The van der Waals surface area contributed by atoms with Gasteiger partial charge in [0.1, 0.15) is 4.90 Å². The molecular weight excluding hydrogens is 250 g/mol. The summed E-state index contributed by atoms with van der Waals surface area (Å²) in [5, 5.41) is 6.10. The Morgan fingerprint density at radius 1 is 1.22 bits per heavy atom. The van der Waals surface area contributed by atoms with E-state index in [-0.39, 0.29) is 4.90 Å². The zero-order valence-electron chi connectivity index (χ0n) is 9.83. The summed E-state index contributed by atoms with van der Waals surface area (Å²) in [6, 6.07) is 9.98. The lowest BCUT2D eigenvalue weighted by molar-refractivity contribution is 0.579. The van der Waals surface area contributed by atoms with Gasteiger partial charge in [0.05, 0.1) is 6.20 Å². The molecule has 2 N–H and O–H groups in total. The van der Waals surface area contributed by atoms with Gasteiger partial charge in [-0.1, -0.05) is 30.3 Å². The fraction of sp³-hybridized carbons (Fsp3) is 0.250. The lowest BCUT2D eigenvalue weighted by Gasteiger charge is -2.04. The van der Waals surface area contributed by atoms with Crippen LogP contribution >= 0.6 is 0 Å². The van der Waals surface area contributed by atoms with E-state index in [1.165, 1.54) is 18.0 Å². The zero-order valence-corrected chi connectivity index (χ0v) is 10.7. The van der Waals surface area contributed by atoms with Crippen LogP contribution in [0.1, 0.15) is 12.0 Å². The molecule has 5 nitrogen and oxygen atoms in total. The first-order chi connectivity index (χ1) is 8.68. The van der Waals surface area contributed by atoms with E-state index < -0.39 is 10.0 Å². The number of rotatable bonds is 6. The molecule has 0 fully saturated rings. The molecule has 0 spiro atoms. The zero-order chi connectivity index (χ0) is 12.8. The van der Waals surface area contributed by atoms with Crippen molar-refractivity contribution in [3.63, 3.8) is 0 Å². The van der Waals surface area contributed by atoms with Crippen molar-refractivity contribution in [3.8, 4) is 0 Å². The van der Waals surface area contributed by atoms with Gasteiger partial charge < -0.3 is 0 Å². The highest BCUT2D eigenvalue weighted by atomic mass is 32.2. The van der Waals surface area contributed by atoms with E-state index >= 15 is 0 Å². The molecule has 96 valence electrons. The summed E-state index contributed by atoms with van der Waals surface area (Å²) >= 11 is 0. The van der Waals surface area contributed by atoms with Crippen molar-refractivity contribution >= 4 is 10.0 Å². The van der Waals surface area contributed by atoms with Gasteiger partial charge in [-0.2, -0.15) is 5.10 Å². The molecule has 0 unspecified atom stereocenters. The second kappa shape index (κ2) is 5.79. The topological polar surface area (TPSA) is 74.8 Å². The van der Waals surface area contributed by atoms with Gasteiger partial charge in [-0.25, -0.2) is 13.1 Å². The van der Waals surface area contributed by atoms with Crippen molar-refractivity contribution in [1.29, 1.82) is 0 Å². The largest absolute Gasteiger partial charge is 0.284 e. The molecule has 0 aliphatic rings. The minimum atomic E-state index is -3.42. The number of aromatic nitrogens is 2. The number of benzene rings is 1. The van der Waals surface area contributed by atoms with Crippen LogP contribution in [0.15, 0.2) is 47.6 Å². The normalized spacial score (nSPS) is 11.6. The number of H-pyrrole nitrogens is 1. The highest BCUT2D eigenvalue weighted by Gasteiger charge is 2.13. The molecule has 6 heteroatoms. The van der Waals surface area contributed by atoms with Crippen LogP contribution in [-0.4, -0.2) is 25.2 Å². The number of aromatic amines is 1. The maximum atomic E-state index is 11.7. The summed E-state index contributed by atoms with van der Waals surface area (Å²) in [5.41, 5.74) is 1.21. The molecule has 0 aliphatic carbocycles. The van der Waals surface area contributed by atoms with E-state index in [9.17, 15) is 8.42 Å².